The molecule has 0 spiro atoms. The molecule has 0 unspecified atom stereocenters. The van der Waals surface area contributed by atoms with Gasteiger partial charge in [0.2, 0.25) is 0 Å². The second kappa shape index (κ2) is 8.00. The van der Waals surface area contributed by atoms with Crippen LogP contribution in [-0.2, 0) is 0 Å². The van der Waals surface area contributed by atoms with Crippen molar-refractivity contribution in [2.75, 3.05) is 23.4 Å². The van der Waals surface area contributed by atoms with Gasteiger partial charge in [-0.3, -0.25) is 4.90 Å². The third-order valence-electron chi connectivity index (χ3n) is 5.64. The number of hydrogen-bond donors (Lipinski definition) is 0. The van der Waals surface area contributed by atoms with Crippen molar-refractivity contribution in [2.45, 2.75) is 61.2 Å². The maximum absolute atomic E-state index is 2.46. The van der Waals surface area contributed by atoms with E-state index in [-0.39, 0.29) is 6.29 Å². The maximum Gasteiger partial charge on any atom is 0.168 e. The van der Waals surface area contributed by atoms with Crippen molar-refractivity contribution in [1.82, 2.24) is 4.90 Å². The molecule has 0 atom stereocenters. The predicted molar refractivity (Wildman–Crippen MR) is 122 cm³/mol. The van der Waals surface area contributed by atoms with E-state index in [0.717, 1.165) is 13.0 Å². The maximum atomic E-state index is 2.46. The zero-order valence-corrected chi connectivity index (χ0v) is 18.8. The molecule has 0 N–H and O–H groups in total. The Balaban J connectivity index is 2.11. The first-order valence-electron chi connectivity index (χ1n) is 10.4. The summed E-state index contributed by atoms with van der Waals surface area (Å²) >= 11 is 0. The third-order valence-corrected chi connectivity index (χ3v) is 5.64. The summed E-state index contributed by atoms with van der Waals surface area (Å²) in [5.74, 6) is 0. The standard InChI is InChI=1S/C25H35N3/c1-9-10-26(8)25-27(23-19(4)13-17(2)14-20(23)5)11-12-28(25)24-21(6)15-18(3)16-22(24)7/h11-16,25H,9-10H2,1-8H3. The summed E-state index contributed by atoms with van der Waals surface area (Å²) in [6, 6.07) is 9.16. The molecule has 0 saturated heterocycles. The first-order valence-corrected chi connectivity index (χ1v) is 10.4. The van der Waals surface area contributed by atoms with E-state index in [4.69, 9.17) is 0 Å². The fourth-order valence-corrected chi connectivity index (χ4v) is 4.86. The lowest BCUT2D eigenvalue weighted by Gasteiger charge is -2.41. The van der Waals surface area contributed by atoms with Crippen molar-refractivity contribution in [3.63, 3.8) is 0 Å². The van der Waals surface area contributed by atoms with Crippen LogP contribution in [0.3, 0.4) is 0 Å². The van der Waals surface area contributed by atoms with E-state index in [1.165, 1.54) is 44.8 Å². The van der Waals surface area contributed by atoms with Gasteiger partial charge in [-0.1, -0.05) is 42.3 Å². The van der Waals surface area contributed by atoms with Crippen molar-refractivity contribution >= 4 is 11.4 Å². The molecule has 1 heterocycles. The smallest absolute Gasteiger partial charge is 0.168 e. The fourth-order valence-electron chi connectivity index (χ4n) is 4.86. The normalized spacial score (nSPS) is 14.6. The van der Waals surface area contributed by atoms with E-state index in [1.54, 1.807) is 0 Å². The molecule has 0 saturated carbocycles. The van der Waals surface area contributed by atoms with Gasteiger partial charge in [0.25, 0.3) is 0 Å². The second-order valence-electron chi connectivity index (χ2n) is 8.43. The number of benzene rings is 2. The Morgan fingerprint density at radius 1 is 0.714 bits per heavy atom. The van der Waals surface area contributed by atoms with Crippen LogP contribution in [0.15, 0.2) is 36.7 Å². The molecule has 3 rings (SSSR count). The number of rotatable bonds is 5. The van der Waals surface area contributed by atoms with Crippen LogP contribution in [0.4, 0.5) is 11.4 Å². The van der Waals surface area contributed by atoms with Gasteiger partial charge in [0, 0.05) is 30.3 Å². The summed E-state index contributed by atoms with van der Waals surface area (Å²) in [4.78, 5) is 7.34. The Morgan fingerprint density at radius 2 is 1.07 bits per heavy atom. The topological polar surface area (TPSA) is 9.72 Å². The highest BCUT2D eigenvalue weighted by Gasteiger charge is 2.34. The van der Waals surface area contributed by atoms with Gasteiger partial charge in [0.05, 0.1) is 0 Å². The van der Waals surface area contributed by atoms with Crippen molar-refractivity contribution in [3.8, 4) is 0 Å². The zero-order chi connectivity index (χ0) is 20.6. The van der Waals surface area contributed by atoms with Gasteiger partial charge in [0.15, 0.2) is 6.29 Å². The van der Waals surface area contributed by atoms with E-state index in [0.29, 0.717) is 0 Å². The summed E-state index contributed by atoms with van der Waals surface area (Å²) in [6.07, 6.45) is 5.77. The first-order chi connectivity index (χ1) is 13.2. The average molecular weight is 378 g/mol. The van der Waals surface area contributed by atoms with Gasteiger partial charge < -0.3 is 9.80 Å². The van der Waals surface area contributed by atoms with Gasteiger partial charge in [0.1, 0.15) is 0 Å². The Bertz CT molecular complexity index is 783. The minimum absolute atomic E-state index is 0.139. The number of nitrogens with zero attached hydrogens (tertiary/aromatic N) is 3. The molecule has 28 heavy (non-hydrogen) atoms. The monoisotopic (exact) mass is 377 g/mol. The Kier molecular flexibility index (Phi) is 5.85. The molecule has 3 nitrogen and oxygen atoms in total. The molecule has 1 aliphatic heterocycles. The number of hydrogen-bond acceptors (Lipinski definition) is 3. The molecule has 0 aliphatic carbocycles. The molecular weight excluding hydrogens is 342 g/mol. The van der Waals surface area contributed by atoms with E-state index >= 15 is 0 Å². The quantitative estimate of drug-likeness (QED) is 0.636. The van der Waals surface area contributed by atoms with Crippen LogP contribution < -0.4 is 9.80 Å². The number of anilines is 2. The molecule has 0 radical (unpaired) electrons. The van der Waals surface area contributed by atoms with E-state index in [1.807, 2.05) is 0 Å². The molecule has 0 bridgehead atoms. The Morgan fingerprint density at radius 3 is 1.39 bits per heavy atom. The van der Waals surface area contributed by atoms with Gasteiger partial charge in [-0.15, -0.1) is 0 Å². The lowest BCUT2D eigenvalue weighted by molar-refractivity contribution is 0.253. The highest BCUT2D eigenvalue weighted by Crippen LogP contribution is 2.37. The zero-order valence-electron chi connectivity index (χ0n) is 18.8. The van der Waals surface area contributed by atoms with Crippen LogP contribution in [0.5, 0.6) is 0 Å². The highest BCUT2D eigenvalue weighted by molar-refractivity contribution is 5.70. The third kappa shape index (κ3) is 3.68. The van der Waals surface area contributed by atoms with Crippen molar-refractivity contribution in [3.05, 3.63) is 70.0 Å². The molecule has 3 heteroatoms. The Labute approximate surface area is 171 Å². The lowest BCUT2D eigenvalue weighted by Crippen LogP contribution is -2.51. The molecule has 1 aliphatic rings. The summed E-state index contributed by atoms with van der Waals surface area (Å²) in [6.45, 7) is 16.6. The largest absolute Gasteiger partial charge is 0.312 e. The van der Waals surface area contributed by atoms with E-state index < -0.39 is 0 Å². The average Bonchev–Trinajstić information content (AvgIpc) is 2.97. The van der Waals surface area contributed by atoms with Gasteiger partial charge in [-0.05, 0) is 77.3 Å². The van der Waals surface area contributed by atoms with Gasteiger partial charge >= 0.3 is 0 Å². The van der Waals surface area contributed by atoms with Crippen molar-refractivity contribution in [2.24, 2.45) is 0 Å². The summed E-state index contributed by atoms with van der Waals surface area (Å²) in [5.41, 5.74) is 10.6. The van der Waals surface area contributed by atoms with Gasteiger partial charge in [-0.2, -0.15) is 0 Å². The van der Waals surface area contributed by atoms with E-state index in [2.05, 4.69) is 107 Å². The first kappa shape index (κ1) is 20.5. The molecular formula is C25H35N3. The summed E-state index contributed by atoms with van der Waals surface area (Å²) in [5, 5.41) is 0. The Hall–Kier alpha value is -2.26. The summed E-state index contributed by atoms with van der Waals surface area (Å²) < 4.78 is 0. The highest BCUT2D eigenvalue weighted by atomic mass is 15.5. The minimum atomic E-state index is 0.139. The van der Waals surface area contributed by atoms with Crippen LogP contribution >= 0.6 is 0 Å². The molecule has 0 amide bonds. The van der Waals surface area contributed by atoms with Crippen LogP contribution in [0.2, 0.25) is 0 Å². The molecule has 2 aromatic carbocycles. The summed E-state index contributed by atoms with van der Waals surface area (Å²) in [7, 11) is 2.24. The van der Waals surface area contributed by atoms with Crippen LogP contribution in [0, 0.1) is 41.5 Å². The predicted octanol–water partition coefficient (Wildman–Crippen LogP) is 5.96. The minimum Gasteiger partial charge on any atom is -0.312 e. The van der Waals surface area contributed by atoms with Crippen LogP contribution in [-0.4, -0.2) is 24.8 Å². The second-order valence-corrected chi connectivity index (χ2v) is 8.43. The van der Waals surface area contributed by atoms with E-state index in [9.17, 15) is 0 Å². The molecule has 2 aromatic rings. The van der Waals surface area contributed by atoms with Crippen LogP contribution in [0.1, 0.15) is 46.7 Å². The van der Waals surface area contributed by atoms with Gasteiger partial charge in [-0.25, -0.2) is 0 Å². The SMILES string of the molecule is CCCN(C)C1N(c2c(C)cc(C)cc2C)C=CN1c1c(C)cc(C)cc1C. The van der Waals surface area contributed by atoms with Crippen molar-refractivity contribution < 1.29 is 0 Å². The molecule has 0 aromatic heterocycles. The molecule has 150 valence electrons. The lowest BCUT2D eigenvalue weighted by atomic mass is 10.0. The fraction of sp³-hybridized carbons (Fsp3) is 0.440. The molecule has 0 fully saturated rings. The number of aryl methyl sites for hydroxylation is 6. The van der Waals surface area contributed by atoms with Crippen molar-refractivity contribution in [1.29, 1.82) is 0 Å². The van der Waals surface area contributed by atoms with Crippen LogP contribution in [0.25, 0.3) is 0 Å².